The predicted octanol–water partition coefficient (Wildman–Crippen LogP) is 2.82. The Balaban J connectivity index is 2.82. The summed E-state index contributed by atoms with van der Waals surface area (Å²) in [5.41, 5.74) is 0. The van der Waals surface area contributed by atoms with Crippen LogP contribution in [0.3, 0.4) is 0 Å². The van der Waals surface area contributed by atoms with E-state index in [2.05, 4.69) is 0 Å². The van der Waals surface area contributed by atoms with Crippen molar-refractivity contribution in [3.8, 4) is 0 Å². The van der Waals surface area contributed by atoms with E-state index in [0.29, 0.717) is 5.02 Å². The molecule has 0 saturated carbocycles. The quantitative estimate of drug-likeness (QED) is 0.582. The average Bonchev–Trinajstić information content (AvgIpc) is 2.06. The van der Waals surface area contributed by atoms with E-state index in [9.17, 15) is 22.0 Å². The summed E-state index contributed by atoms with van der Waals surface area (Å²) in [7, 11) is 0. The fourth-order valence-corrected chi connectivity index (χ4v) is 2.27. The minimum atomic E-state index is -5.49. The first-order chi connectivity index (χ1) is 6.72. The Labute approximate surface area is 93.6 Å². The van der Waals surface area contributed by atoms with Crippen molar-refractivity contribution in [3.63, 3.8) is 0 Å². The summed E-state index contributed by atoms with van der Waals surface area (Å²) in [5, 5.41) is 0.296. The molecular weight excluding hydrogens is 305 g/mol. The molecule has 0 amide bonds. The zero-order valence-electron chi connectivity index (χ0n) is 6.99. The fourth-order valence-electron chi connectivity index (χ4n) is 0.709. The molecule has 0 aliphatic rings. The van der Waals surface area contributed by atoms with Crippen molar-refractivity contribution in [1.29, 1.82) is 0 Å². The van der Waals surface area contributed by atoms with Gasteiger partial charge in [-0.25, -0.2) is 0 Å². The number of hydrogen-bond acceptors (Lipinski definition) is 0. The predicted molar refractivity (Wildman–Crippen MR) is 47.8 cm³/mol. The van der Waals surface area contributed by atoms with E-state index in [-0.39, 0.29) is 4.46 Å². The molecular formula is C8H4ClF5Se. The molecule has 84 valence electrons. The van der Waals surface area contributed by atoms with Crippen molar-refractivity contribution in [2.24, 2.45) is 0 Å². The summed E-state index contributed by atoms with van der Waals surface area (Å²) in [6.07, 6.45) is -5.49. The van der Waals surface area contributed by atoms with Gasteiger partial charge in [-0.15, -0.1) is 0 Å². The van der Waals surface area contributed by atoms with Crippen molar-refractivity contribution in [2.75, 3.05) is 0 Å². The Hall–Kier alpha value is -0.321. The Morgan fingerprint density at radius 3 is 1.80 bits per heavy atom. The third-order valence-corrected chi connectivity index (χ3v) is 3.73. The van der Waals surface area contributed by atoms with Gasteiger partial charge in [-0.1, -0.05) is 0 Å². The van der Waals surface area contributed by atoms with Gasteiger partial charge in [-0.3, -0.25) is 0 Å². The van der Waals surface area contributed by atoms with E-state index >= 15 is 0 Å². The van der Waals surface area contributed by atoms with E-state index in [4.69, 9.17) is 11.6 Å². The van der Waals surface area contributed by atoms with Gasteiger partial charge in [-0.2, -0.15) is 0 Å². The second kappa shape index (κ2) is 4.28. The van der Waals surface area contributed by atoms with Crippen LogP contribution in [0.15, 0.2) is 24.3 Å². The zero-order valence-corrected chi connectivity index (χ0v) is 9.45. The van der Waals surface area contributed by atoms with Crippen LogP contribution >= 0.6 is 11.6 Å². The maximum absolute atomic E-state index is 12.6. The number of hydrogen-bond donors (Lipinski definition) is 0. The van der Waals surface area contributed by atoms with Crippen LogP contribution in [0.1, 0.15) is 0 Å². The van der Waals surface area contributed by atoms with E-state index in [1.165, 1.54) is 24.3 Å². The van der Waals surface area contributed by atoms with Crippen molar-refractivity contribution in [2.45, 2.75) is 11.0 Å². The Morgan fingerprint density at radius 2 is 1.40 bits per heavy atom. The monoisotopic (exact) mass is 310 g/mol. The molecule has 1 aromatic carbocycles. The summed E-state index contributed by atoms with van der Waals surface area (Å²) in [4.78, 5) is -4.65. The SMILES string of the molecule is FC(F)(F)C(F)(F)[Se]c1ccc(Cl)cc1. The van der Waals surface area contributed by atoms with Gasteiger partial charge in [0.15, 0.2) is 0 Å². The number of benzene rings is 1. The molecule has 0 aliphatic carbocycles. The van der Waals surface area contributed by atoms with Crippen LogP contribution in [-0.4, -0.2) is 26.0 Å². The van der Waals surface area contributed by atoms with Crippen molar-refractivity contribution < 1.29 is 22.0 Å². The van der Waals surface area contributed by atoms with Crippen LogP contribution in [-0.2, 0) is 0 Å². The average molecular weight is 310 g/mol. The first-order valence-corrected chi connectivity index (χ1v) is 5.70. The van der Waals surface area contributed by atoms with E-state index in [1.54, 1.807) is 0 Å². The van der Waals surface area contributed by atoms with Gasteiger partial charge in [0.2, 0.25) is 0 Å². The van der Waals surface area contributed by atoms with Crippen molar-refractivity contribution in [3.05, 3.63) is 29.3 Å². The van der Waals surface area contributed by atoms with Crippen LogP contribution < -0.4 is 4.46 Å². The molecule has 0 saturated heterocycles. The second-order valence-electron chi connectivity index (χ2n) is 2.57. The number of alkyl halides is 5. The first-order valence-electron chi connectivity index (χ1n) is 3.61. The Bertz CT molecular complexity index is 332. The first kappa shape index (κ1) is 12.7. The van der Waals surface area contributed by atoms with Crippen molar-refractivity contribution in [1.82, 2.24) is 0 Å². The molecule has 0 unspecified atom stereocenters. The molecule has 0 atom stereocenters. The van der Waals surface area contributed by atoms with Gasteiger partial charge in [0.05, 0.1) is 0 Å². The van der Waals surface area contributed by atoms with Crippen molar-refractivity contribution >= 4 is 31.0 Å². The molecule has 7 heteroatoms. The summed E-state index contributed by atoms with van der Waals surface area (Å²) in [6, 6.07) is 4.90. The normalized spacial score (nSPS) is 12.9. The Kier molecular flexibility index (Phi) is 3.63. The summed E-state index contributed by atoms with van der Waals surface area (Å²) >= 11 is 3.49. The zero-order chi connectivity index (χ0) is 11.7. The molecule has 0 bridgehead atoms. The molecule has 0 heterocycles. The van der Waals surface area contributed by atoms with Crippen LogP contribution in [0, 0.1) is 0 Å². The van der Waals surface area contributed by atoms with Gasteiger partial charge < -0.3 is 0 Å². The molecule has 1 rings (SSSR count). The molecule has 0 fully saturated rings. The van der Waals surface area contributed by atoms with E-state index in [1.807, 2.05) is 0 Å². The summed E-state index contributed by atoms with van der Waals surface area (Å²) in [5.74, 6) is 0. The molecule has 0 radical (unpaired) electrons. The van der Waals surface area contributed by atoms with Crippen LogP contribution in [0.2, 0.25) is 5.02 Å². The topological polar surface area (TPSA) is 0 Å². The van der Waals surface area contributed by atoms with Gasteiger partial charge in [0, 0.05) is 0 Å². The van der Waals surface area contributed by atoms with E-state index < -0.39 is 26.0 Å². The fraction of sp³-hybridized carbons (Fsp3) is 0.250. The summed E-state index contributed by atoms with van der Waals surface area (Å²) in [6.45, 7) is 0. The van der Waals surface area contributed by atoms with Crippen LogP contribution in [0.5, 0.6) is 0 Å². The standard InChI is InChI=1S/C8H4ClF5Se/c9-5-1-3-6(4-2-5)15-8(13,14)7(10,11)12/h1-4H. The molecule has 0 nitrogen and oxygen atoms in total. The molecule has 0 spiro atoms. The molecule has 15 heavy (non-hydrogen) atoms. The Morgan fingerprint density at radius 1 is 0.933 bits per heavy atom. The number of rotatable bonds is 2. The minimum absolute atomic E-state index is 0.0470. The molecule has 0 N–H and O–H groups in total. The summed E-state index contributed by atoms with van der Waals surface area (Å²) < 4.78 is 60.6. The number of halogens is 6. The second-order valence-corrected chi connectivity index (χ2v) is 5.50. The maximum atomic E-state index is 12.6. The molecule has 0 aliphatic heterocycles. The van der Waals surface area contributed by atoms with Gasteiger partial charge in [0.25, 0.3) is 0 Å². The van der Waals surface area contributed by atoms with Gasteiger partial charge in [-0.05, 0) is 0 Å². The third kappa shape index (κ3) is 3.33. The van der Waals surface area contributed by atoms with Crippen LogP contribution in [0.4, 0.5) is 22.0 Å². The van der Waals surface area contributed by atoms with E-state index in [0.717, 1.165) is 0 Å². The van der Waals surface area contributed by atoms with Crippen LogP contribution in [0.25, 0.3) is 0 Å². The van der Waals surface area contributed by atoms with Gasteiger partial charge >= 0.3 is 93.3 Å². The molecule has 1 aromatic rings. The third-order valence-electron chi connectivity index (χ3n) is 1.39. The van der Waals surface area contributed by atoms with Gasteiger partial charge in [0.1, 0.15) is 0 Å². The molecule has 0 aromatic heterocycles.